The molecule has 1 saturated heterocycles. The number of carbonyl (C=O) groups is 1. The maximum atomic E-state index is 10.9. The number of rotatable bonds is 7. The molecule has 23 heavy (non-hydrogen) atoms. The van der Waals surface area contributed by atoms with Gasteiger partial charge in [0.2, 0.25) is 0 Å². The molecule has 5 nitrogen and oxygen atoms in total. The molecule has 1 N–H and O–H groups in total. The average Bonchev–Trinajstić information content (AvgIpc) is 2.84. The van der Waals surface area contributed by atoms with Gasteiger partial charge in [0.25, 0.3) is 0 Å². The van der Waals surface area contributed by atoms with Crippen LogP contribution in [-0.4, -0.2) is 36.7 Å². The maximum Gasteiger partial charge on any atom is 0.303 e. The van der Waals surface area contributed by atoms with E-state index < -0.39 is 11.8 Å². The van der Waals surface area contributed by atoms with Crippen LogP contribution in [0.5, 0.6) is 5.75 Å². The first-order chi connectivity index (χ1) is 10.9. The minimum atomic E-state index is -0.795. The molecule has 0 bridgehead atoms. The summed E-state index contributed by atoms with van der Waals surface area (Å²) >= 11 is 0. The lowest BCUT2D eigenvalue weighted by Gasteiger charge is -2.21. The molecule has 1 aliphatic heterocycles. The summed E-state index contributed by atoms with van der Waals surface area (Å²) < 4.78 is 17.2. The molecule has 1 aliphatic rings. The number of hydrogen-bond acceptors (Lipinski definition) is 4. The Morgan fingerprint density at radius 2 is 2.09 bits per heavy atom. The van der Waals surface area contributed by atoms with Crippen molar-refractivity contribution in [3.63, 3.8) is 0 Å². The van der Waals surface area contributed by atoms with E-state index in [0.717, 1.165) is 28.9 Å². The van der Waals surface area contributed by atoms with Crippen molar-refractivity contribution in [3.05, 3.63) is 28.8 Å². The highest BCUT2D eigenvalue weighted by Crippen LogP contribution is 2.33. The van der Waals surface area contributed by atoms with E-state index in [1.807, 2.05) is 26.0 Å². The summed E-state index contributed by atoms with van der Waals surface area (Å²) in [6.07, 6.45) is 2.07. The molecular formula is C18H26O5. The summed E-state index contributed by atoms with van der Waals surface area (Å²) in [6, 6.07) is 4.04. The summed E-state index contributed by atoms with van der Waals surface area (Å²) in [4.78, 5) is 10.9. The smallest absolute Gasteiger partial charge is 0.303 e. The van der Waals surface area contributed by atoms with Gasteiger partial charge in [0, 0.05) is 18.4 Å². The molecule has 1 unspecified atom stereocenters. The minimum Gasteiger partial charge on any atom is -0.496 e. The van der Waals surface area contributed by atoms with Crippen LogP contribution in [0.2, 0.25) is 0 Å². The molecule has 2 rings (SSSR count). The van der Waals surface area contributed by atoms with Crippen molar-refractivity contribution in [2.75, 3.05) is 13.7 Å². The Kier molecular flexibility index (Phi) is 5.65. The maximum absolute atomic E-state index is 10.9. The largest absolute Gasteiger partial charge is 0.496 e. The topological polar surface area (TPSA) is 65.0 Å². The van der Waals surface area contributed by atoms with Gasteiger partial charge >= 0.3 is 5.97 Å². The molecule has 1 fully saturated rings. The number of aliphatic carboxylic acids is 1. The van der Waals surface area contributed by atoms with E-state index in [9.17, 15) is 4.79 Å². The number of aryl methyl sites for hydroxylation is 2. The van der Waals surface area contributed by atoms with Crippen LogP contribution >= 0.6 is 0 Å². The monoisotopic (exact) mass is 322 g/mol. The van der Waals surface area contributed by atoms with E-state index in [1.54, 1.807) is 7.11 Å². The number of hydrogen-bond donors (Lipinski definition) is 1. The number of ether oxygens (including phenoxy) is 3. The highest BCUT2D eigenvalue weighted by molar-refractivity contribution is 5.67. The Morgan fingerprint density at radius 1 is 1.39 bits per heavy atom. The van der Waals surface area contributed by atoms with Crippen LogP contribution in [0.15, 0.2) is 12.1 Å². The Hall–Kier alpha value is -1.59. The van der Waals surface area contributed by atoms with Crippen molar-refractivity contribution in [2.45, 2.75) is 58.3 Å². The number of methoxy groups -OCH3 is 1. The van der Waals surface area contributed by atoms with Gasteiger partial charge in [-0.1, -0.05) is 19.1 Å². The molecule has 1 aromatic carbocycles. The van der Waals surface area contributed by atoms with Crippen LogP contribution in [-0.2, 0) is 33.5 Å². The first-order valence-corrected chi connectivity index (χ1v) is 8.07. The normalized spacial score (nSPS) is 19.7. The second-order valence-electron chi connectivity index (χ2n) is 6.30. The van der Waals surface area contributed by atoms with E-state index in [1.165, 1.54) is 0 Å². The van der Waals surface area contributed by atoms with Crippen molar-refractivity contribution >= 4 is 5.97 Å². The Bertz CT molecular complexity index is 565. The van der Waals surface area contributed by atoms with Crippen LogP contribution in [0.4, 0.5) is 0 Å². The molecule has 128 valence electrons. The Labute approximate surface area is 137 Å². The second-order valence-corrected chi connectivity index (χ2v) is 6.30. The molecule has 0 spiro atoms. The molecule has 0 aliphatic carbocycles. The van der Waals surface area contributed by atoms with Crippen LogP contribution in [0, 0.1) is 0 Å². The van der Waals surface area contributed by atoms with Crippen molar-refractivity contribution in [1.82, 2.24) is 0 Å². The van der Waals surface area contributed by atoms with Crippen LogP contribution in [0.1, 0.15) is 43.9 Å². The Morgan fingerprint density at radius 3 is 2.61 bits per heavy atom. The average molecular weight is 322 g/mol. The lowest BCUT2D eigenvalue weighted by molar-refractivity contribution is -0.138. The molecule has 0 amide bonds. The molecule has 1 atom stereocenters. The first-order valence-electron chi connectivity index (χ1n) is 8.07. The predicted octanol–water partition coefficient (Wildman–Crippen LogP) is 2.97. The van der Waals surface area contributed by atoms with Crippen molar-refractivity contribution in [1.29, 1.82) is 0 Å². The van der Waals surface area contributed by atoms with E-state index >= 15 is 0 Å². The third-order valence-electron chi connectivity index (χ3n) is 4.13. The van der Waals surface area contributed by atoms with E-state index in [2.05, 4.69) is 6.92 Å². The fourth-order valence-corrected chi connectivity index (χ4v) is 3.04. The van der Waals surface area contributed by atoms with Gasteiger partial charge in [0.1, 0.15) is 5.75 Å². The fourth-order valence-electron chi connectivity index (χ4n) is 3.04. The minimum absolute atomic E-state index is 0.0467. The zero-order chi connectivity index (χ0) is 17.0. The van der Waals surface area contributed by atoms with Gasteiger partial charge in [-0.05, 0) is 37.8 Å². The SMILES string of the molecule is CCc1ccc(CCC(=O)O)c(CC2COC(C)(C)O2)c1OC. The van der Waals surface area contributed by atoms with E-state index in [4.69, 9.17) is 19.3 Å². The van der Waals surface area contributed by atoms with Crippen molar-refractivity contribution in [2.24, 2.45) is 0 Å². The highest BCUT2D eigenvalue weighted by atomic mass is 16.7. The van der Waals surface area contributed by atoms with Gasteiger partial charge in [-0.2, -0.15) is 0 Å². The second kappa shape index (κ2) is 7.32. The lowest BCUT2D eigenvalue weighted by atomic mass is 9.93. The highest BCUT2D eigenvalue weighted by Gasteiger charge is 2.33. The molecule has 0 radical (unpaired) electrons. The van der Waals surface area contributed by atoms with Gasteiger partial charge in [-0.15, -0.1) is 0 Å². The van der Waals surface area contributed by atoms with Crippen LogP contribution in [0.3, 0.4) is 0 Å². The molecule has 0 saturated carbocycles. The molecular weight excluding hydrogens is 296 g/mol. The van der Waals surface area contributed by atoms with Gasteiger partial charge in [-0.25, -0.2) is 0 Å². The summed E-state index contributed by atoms with van der Waals surface area (Å²) in [6.45, 7) is 6.41. The van der Waals surface area contributed by atoms with Crippen molar-refractivity contribution in [3.8, 4) is 5.75 Å². The first kappa shape index (κ1) is 17.8. The van der Waals surface area contributed by atoms with E-state index in [-0.39, 0.29) is 12.5 Å². The standard InChI is InChI=1S/C18H26O5/c1-5-12-6-7-13(8-9-16(19)20)15(17(12)21-4)10-14-11-22-18(2,3)23-14/h6-7,14H,5,8-11H2,1-4H3,(H,19,20). The van der Waals surface area contributed by atoms with Gasteiger partial charge < -0.3 is 19.3 Å². The number of benzene rings is 1. The fraction of sp³-hybridized carbons (Fsp3) is 0.611. The summed E-state index contributed by atoms with van der Waals surface area (Å²) in [5.41, 5.74) is 3.17. The zero-order valence-corrected chi connectivity index (χ0v) is 14.3. The third-order valence-corrected chi connectivity index (χ3v) is 4.13. The van der Waals surface area contributed by atoms with Crippen LogP contribution < -0.4 is 4.74 Å². The third kappa shape index (κ3) is 4.45. The Balaban J connectivity index is 2.30. The number of carboxylic acid groups (broad SMARTS) is 1. The van der Waals surface area contributed by atoms with Gasteiger partial charge in [-0.3, -0.25) is 4.79 Å². The summed E-state index contributed by atoms with van der Waals surface area (Å²) in [5, 5.41) is 8.97. The van der Waals surface area contributed by atoms with Crippen LogP contribution in [0.25, 0.3) is 0 Å². The van der Waals surface area contributed by atoms with E-state index in [0.29, 0.717) is 19.4 Å². The number of carboxylic acids is 1. The summed E-state index contributed by atoms with van der Waals surface area (Å²) in [7, 11) is 1.66. The molecule has 5 heteroatoms. The van der Waals surface area contributed by atoms with Crippen molar-refractivity contribution < 1.29 is 24.1 Å². The van der Waals surface area contributed by atoms with Gasteiger partial charge in [0.15, 0.2) is 5.79 Å². The molecule has 1 heterocycles. The predicted molar refractivity (Wildman–Crippen MR) is 86.9 cm³/mol. The van der Waals surface area contributed by atoms with Gasteiger partial charge in [0.05, 0.1) is 19.8 Å². The molecule has 1 aromatic rings. The molecule has 0 aromatic heterocycles. The quantitative estimate of drug-likeness (QED) is 0.836. The zero-order valence-electron chi connectivity index (χ0n) is 14.3. The lowest BCUT2D eigenvalue weighted by Crippen LogP contribution is -2.23. The summed E-state index contributed by atoms with van der Waals surface area (Å²) in [5.74, 6) is -0.513.